The van der Waals surface area contributed by atoms with E-state index >= 15 is 0 Å². The summed E-state index contributed by atoms with van der Waals surface area (Å²) >= 11 is 5.98. The largest absolute Gasteiger partial charge is 0.380 e. The van der Waals surface area contributed by atoms with Crippen LogP contribution in [0.1, 0.15) is 24.8 Å². The SMILES string of the molecule is COCc1cc(Cl)cc(S(=O)(=O)NC23CC(N)(C2)C3)c1. The predicted octanol–water partition coefficient (Wildman–Crippen LogP) is 1.40. The van der Waals surface area contributed by atoms with Crippen molar-refractivity contribution >= 4 is 21.6 Å². The molecule has 0 amide bonds. The first kappa shape index (κ1) is 14.3. The molecular formula is C13H17ClN2O3S. The van der Waals surface area contributed by atoms with E-state index in [9.17, 15) is 8.42 Å². The highest BCUT2D eigenvalue weighted by Crippen LogP contribution is 2.59. The first-order valence-electron chi connectivity index (χ1n) is 6.37. The van der Waals surface area contributed by atoms with Crippen LogP contribution in [0.15, 0.2) is 23.1 Å². The van der Waals surface area contributed by atoms with Crippen molar-refractivity contribution in [2.45, 2.75) is 41.8 Å². The van der Waals surface area contributed by atoms with Gasteiger partial charge in [0.25, 0.3) is 0 Å². The fraction of sp³-hybridized carbons (Fsp3) is 0.538. The fourth-order valence-corrected chi connectivity index (χ4v) is 5.16. The number of hydrogen-bond acceptors (Lipinski definition) is 4. The van der Waals surface area contributed by atoms with E-state index in [4.69, 9.17) is 22.1 Å². The minimum atomic E-state index is -3.58. The molecule has 110 valence electrons. The van der Waals surface area contributed by atoms with E-state index in [1.807, 2.05) is 0 Å². The standard InChI is InChI=1S/C13H17ClN2O3S/c1-19-5-9-2-10(14)4-11(3-9)20(17,18)16-13-6-12(15,7-13)8-13/h2-4,16H,5-8,15H2,1H3. The third kappa shape index (κ3) is 2.35. The lowest BCUT2D eigenvalue weighted by Gasteiger charge is -2.68. The van der Waals surface area contributed by atoms with Crippen molar-refractivity contribution in [2.75, 3.05) is 7.11 Å². The van der Waals surface area contributed by atoms with Gasteiger partial charge in [0.15, 0.2) is 0 Å². The van der Waals surface area contributed by atoms with E-state index in [1.54, 1.807) is 19.2 Å². The molecule has 3 aliphatic carbocycles. The number of methoxy groups -OCH3 is 1. The lowest BCUT2D eigenvalue weighted by atomic mass is 9.45. The van der Waals surface area contributed by atoms with Crippen LogP contribution in [0.2, 0.25) is 5.02 Å². The molecule has 3 saturated carbocycles. The van der Waals surface area contributed by atoms with Crippen LogP contribution >= 0.6 is 11.6 Å². The minimum Gasteiger partial charge on any atom is -0.380 e. The van der Waals surface area contributed by atoms with Crippen molar-refractivity contribution in [3.63, 3.8) is 0 Å². The Morgan fingerprint density at radius 2 is 2.00 bits per heavy atom. The molecule has 1 aromatic carbocycles. The molecule has 0 heterocycles. The van der Waals surface area contributed by atoms with Gasteiger partial charge in [-0.2, -0.15) is 0 Å². The molecule has 0 saturated heterocycles. The van der Waals surface area contributed by atoms with E-state index in [0.29, 0.717) is 30.9 Å². The highest BCUT2D eigenvalue weighted by atomic mass is 35.5. The van der Waals surface area contributed by atoms with Gasteiger partial charge in [-0.25, -0.2) is 13.1 Å². The minimum absolute atomic E-state index is 0.141. The quantitative estimate of drug-likeness (QED) is 0.860. The zero-order valence-electron chi connectivity index (χ0n) is 11.1. The van der Waals surface area contributed by atoms with Gasteiger partial charge in [0.1, 0.15) is 0 Å². The van der Waals surface area contributed by atoms with E-state index in [-0.39, 0.29) is 16.0 Å². The smallest absolute Gasteiger partial charge is 0.241 e. The first-order valence-corrected chi connectivity index (χ1v) is 8.23. The van der Waals surface area contributed by atoms with Gasteiger partial charge in [0, 0.05) is 23.2 Å². The maximum atomic E-state index is 12.4. The van der Waals surface area contributed by atoms with E-state index in [2.05, 4.69) is 4.72 Å². The molecule has 3 fully saturated rings. The molecule has 0 radical (unpaired) electrons. The topological polar surface area (TPSA) is 81.4 Å². The molecule has 3 aliphatic rings. The summed E-state index contributed by atoms with van der Waals surface area (Å²) in [4.78, 5) is 0.174. The molecule has 0 aliphatic heterocycles. The highest BCUT2D eigenvalue weighted by Gasteiger charge is 2.67. The summed E-state index contributed by atoms with van der Waals surface area (Å²) in [5.41, 5.74) is 6.20. The molecule has 2 bridgehead atoms. The van der Waals surface area contributed by atoms with Crippen molar-refractivity contribution in [1.82, 2.24) is 4.72 Å². The summed E-state index contributed by atoms with van der Waals surface area (Å²) in [6, 6.07) is 4.73. The zero-order chi connectivity index (χ0) is 14.6. The summed E-state index contributed by atoms with van der Waals surface area (Å²) in [5, 5.41) is 0.382. The van der Waals surface area contributed by atoms with Crippen LogP contribution in [0.25, 0.3) is 0 Å². The van der Waals surface area contributed by atoms with Crippen molar-refractivity contribution < 1.29 is 13.2 Å². The summed E-state index contributed by atoms with van der Waals surface area (Å²) < 4.78 is 32.6. The Hall–Kier alpha value is -0.660. The number of sulfonamides is 1. The van der Waals surface area contributed by atoms with Gasteiger partial charge in [-0.15, -0.1) is 0 Å². The second-order valence-electron chi connectivity index (χ2n) is 6.01. The van der Waals surface area contributed by atoms with Gasteiger partial charge in [-0.1, -0.05) is 11.6 Å². The maximum absolute atomic E-state index is 12.4. The molecule has 3 N–H and O–H groups in total. The number of nitrogens with one attached hydrogen (secondary N) is 1. The monoisotopic (exact) mass is 316 g/mol. The van der Waals surface area contributed by atoms with Crippen LogP contribution < -0.4 is 10.5 Å². The van der Waals surface area contributed by atoms with Crippen LogP contribution in [0.4, 0.5) is 0 Å². The van der Waals surface area contributed by atoms with Gasteiger partial charge in [0.05, 0.1) is 11.5 Å². The maximum Gasteiger partial charge on any atom is 0.241 e. The molecular weight excluding hydrogens is 300 g/mol. The molecule has 7 heteroatoms. The van der Waals surface area contributed by atoms with Crippen LogP contribution in [0.3, 0.4) is 0 Å². The molecule has 1 aromatic rings. The van der Waals surface area contributed by atoms with Crippen LogP contribution in [0, 0.1) is 0 Å². The molecule has 5 nitrogen and oxygen atoms in total. The number of rotatable bonds is 5. The number of halogens is 1. The molecule has 20 heavy (non-hydrogen) atoms. The Labute approximate surface area is 123 Å². The summed E-state index contributed by atoms with van der Waals surface area (Å²) in [5.74, 6) is 0. The average molecular weight is 317 g/mol. The van der Waals surface area contributed by atoms with E-state index < -0.39 is 10.0 Å². The average Bonchev–Trinajstić information content (AvgIpc) is 2.24. The van der Waals surface area contributed by atoms with Crippen LogP contribution in [0.5, 0.6) is 0 Å². The van der Waals surface area contributed by atoms with Crippen LogP contribution in [-0.4, -0.2) is 26.6 Å². The second kappa shape index (κ2) is 4.42. The summed E-state index contributed by atoms with van der Waals surface area (Å²) in [7, 11) is -2.03. The zero-order valence-corrected chi connectivity index (χ0v) is 12.7. The Balaban J connectivity index is 1.84. The Morgan fingerprint density at radius 1 is 1.35 bits per heavy atom. The molecule has 0 aromatic heterocycles. The first-order chi connectivity index (χ1) is 9.26. The summed E-state index contributed by atoms with van der Waals surface area (Å²) in [6.07, 6.45) is 2.14. The fourth-order valence-electron chi connectivity index (χ4n) is 3.34. The predicted molar refractivity (Wildman–Crippen MR) is 76.0 cm³/mol. The molecule has 0 unspecified atom stereocenters. The third-order valence-electron chi connectivity index (χ3n) is 3.97. The Kier molecular flexibility index (Phi) is 3.15. The van der Waals surface area contributed by atoms with Gasteiger partial charge in [0.2, 0.25) is 10.0 Å². The van der Waals surface area contributed by atoms with Gasteiger partial charge in [-0.05, 0) is 43.0 Å². The molecule has 0 spiro atoms. The van der Waals surface area contributed by atoms with E-state index in [0.717, 1.165) is 5.56 Å². The lowest BCUT2D eigenvalue weighted by Crippen LogP contribution is -2.82. The normalized spacial score (nSPS) is 31.6. The molecule has 4 rings (SSSR count). The van der Waals surface area contributed by atoms with Gasteiger partial charge < -0.3 is 10.5 Å². The van der Waals surface area contributed by atoms with Crippen molar-refractivity contribution in [2.24, 2.45) is 5.73 Å². The number of nitrogens with two attached hydrogens (primary N) is 1. The number of ether oxygens (including phenoxy) is 1. The van der Waals surface area contributed by atoms with E-state index in [1.165, 1.54) is 6.07 Å². The second-order valence-corrected chi connectivity index (χ2v) is 8.13. The number of benzene rings is 1. The third-order valence-corrected chi connectivity index (χ3v) is 5.75. The lowest BCUT2D eigenvalue weighted by molar-refractivity contribution is -0.0618. The number of hydrogen-bond donors (Lipinski definition) is 2. The molecule has 0 atom stereocenters. The van der Waals surface area contributed by atoms with Crippen LogP contribution in [-0.2, 0) is 21.4 Å². The van der Waals surface area contributed by atoms with Gasteiger partial charge in [-0.3, -0.25) is 0 Å². The Morgan fingerprint density at radius 3 is 2.55 bits per heavy atom. The highest BCUT2D eigenvalue weighted by molar-refractivity contribution is 7.89. The van der Waals surface area contributed by atoms with Crippen molar-refractivity contribution in [3.8, 4) is 0 Å². The Bertz CT molecular complexity index is 640. The van der Waals surface area contributed by atoms with Crippen molar-refractivity contribution in [3.05, 3.63) is 28.8 Å². The van der Waals surface area contributed by atoms with Crippen molar-refractivity contribution in [1.29, 1.82) is 0 Å². The van der Waals surface area contributed by atoms with Gasteiger partial charge >= 0.3 is 0 Å². The summed E-state index contributed by atoms with van der Waals surface area (Å²) in [6.45, 7) is 0.320.